The third kappa shape index (κ3) is 4.45. The molecule has 0 aromatic heterocycles. The van der Waals surface area contributed by atoms with Gasteiger partial charge >= 0.3 is 0 Å². The highest BCUT2D eigenvalue weighted by Crippen LogP contribution is 2.34. The van der Waals surface area contributed by atoms with Gasteiger partial charge in [-0.05, 0) is 49.4 Å². The Balaban J connectivity index is 1.10. The Morgan fingerprint density at radius 1 is 0.971 bits per heavy atom. The van der Waals surface area contributed by atoms with Gasteiger partial charge < -0.3 is 14.4 Å². The van der Waals surface area contributed by atoms with Gasteiger partial charge in [-0.25, -0.2) is 0 Å². The predicted octanol–water partition coefficient (Wildman–Crippen LogP) is 1.15. The summed E-state index contributed by atoms with van der Waals surface area (Å²) < 4.78 is 12.1. The van der Waals surface area contributed by atoms with Gasteiger partial charge in [-0.15, -0.1) is 0 Å². The van der Waals surface area contributed by atoms with Crippen LogP contribution in [0.4, 0.5) is 0 Å². The first kappa shape index (κ1) is 22.9. The predicted molar refractivity (Wildman–Crippen MR) is 127 cm³/mol. The fourth-order valence-electron chi connectivity index (χ4n) is 6.36. The highest BCUT2D eigenvalue weighted by atomic mass is 16.5. The summed E-state index contributed by atoms with van der Waals surface area (Å²) in [5.74, 6) is -0.00406. The molecule has 4 fully saturated rings. The lowest BCUT2D eigenvalue weighted by molar-refractivity contribution is -0.136. The number of rotatable bonds is 5. The summed E-state index contributed by atoms with van der Waals surface area (Å²) in [6, 6.07) is 6.15. The number of benzene rings is 1. The zero-order chi connectivity index (χ0) is 23.9. The summed E-state index contributed by atoms with van der Waals surface area (Å²) in [6.07, 6.45) is 5.40. The van der Waals surface area contributed by atoms with Crippen LogP contribution in [0.2, 0.25) is 0 Å². The molecule has 1 aliphatic carbocycles. The highest BCUT2D eigenvalue weighted by molar-refractivity contribution is 6.05. The van der Waals surface area contributed by atoms with Gasteiger partial charge in [0.25, 0.3) is 5.91 Å². The SMILES string of the molecule is O=C1CCC(N2Cc3cc(O[C@H]4CCCC[C@@H]4N4CC(N5CCOCC5)C4)ccc3C2=O)C(=O)N1. The van der Waals surface area contributed by atoms with Crippen LogP contribution in [0.3, 0.4) is 0 Å². The van der Waals surface area contributed by atoms with E-state index in [0.29, 0.717) is 30.6 Å². The zero-order valence-corrected chi connectivity index (χ0v) is 20.1. The third-order valence-corrected chi connectivity index (χ3v) is 8.37. The van der Waals surface area contributed by atoms with Crippen LogP contribution in [-0.2, 0) is 20.9 Å². The number of piperidine rings is 1. The van der Waals surface area contributed by atoms with Crippen molar-refractivity contribution in [1.82, 2.24) is 20.0 Å². The normalized spacial score (nSPS) is 30.7. The maximum Gasteiger partial charge on any atom is 0.255 e. The van der Waals surface area contributed by atoms with Gasteiger partial charge in [0.05, 0.1) is 13.2 Å². The first-order chi connectivity index (χ1) is 17.1. The molecule has 6 rings (SSSR count). The molecule has 0 bridgehead atoms. The first-order valence-corrected chi connectivity index (χ1v) is 13.1. The van der Waals surface area contributed by atoms with E-state index in [4.69, 9.17) is 9.47 Å². The van der Waals surface area contributed by atoms with E-state index in [-0.39, 0.29) is 30.2 Å². The lowest BCUT2D eigenvalue weighted by Crippen LogP contribution is -2.66. The van der Waals surface area contributed by atoms with Gasteiger partial charge in [0.2, 0.25) is 11.8 Å². The number of ether oxygens (including phenoxy) is 2. The minimum Gasteiger partial charge on any atom is -0.489 e. The van der Waals surface area contributed by atoms with Crippen LogP contribution >= 0.6 is 0 Å². The van der Waals surface area contributed by atoms with E-state index >= 15 is 0 Å². The van der Waals surface area contributed by atoms with Crippen molar-refractivity contribution in [3.8, 4) is 5.75 Å². The van der Waals surface area contributed by atoms with Crippen LogP contribution in [0.25, 0.3) is 0 Å². The van der Waals surface area contributed by atoms with E-state index in [9.17, 15) is 14.4 Å². The molecular weight excluding hydrogens is 448 g/mol. The van der Waals surface area contributed by atoms with E-state index < -0.39 is 6.04 Å². The lowest BCUT2D eigenvalue weighted by atomic mass is 9.88. The molecule has 188 valence electrons. The molecule has 3 saturated heterocycles. The molecule has 0 spiro atoms. The number of amides is 3. The number of hydrogen-bond acceptors (Lipinski definition) is 7. The van der Waals surface area contributed by atoms with Crippen molar-refractivity contribution in [1.29, 1.82) is 0 Å². The molecule has 5 aliphatic rings. The van der Waals surface area contributed by atoms with Gasteiger partial charge in [0.15, 0.2) is 0 Å². The van der Waals surface area contributed by atoms with Crippen molar-refractivity contribution >= 4 is 17.7 Å². The van der Waals surface area contributed by atoms with Gasteiger partial charge in [0, 0.05) is 56.8 Å². The van der Waals surface area contributed by atoms with E-state index in [1.165, 1.54) is 12.8 Å². The Bertz CT molecular complexity index is 1000. The highest BCUT2D eigenvalue weighted by Gasteiger charge is 2.42. The van der Waals surface area contributed by atoms with E-state index in [1.807, 2.05) is 18.2 Å². The molecule has 1 aromatic rings. The van der Waals surface area contributed by atoms with Crippen molar-refractivity contribution in [2.24, 2.45) is 0 Å². The maximum absolute atomic E-state index is 13.0. The summed E-state index contributed by atoms with van der Waals surface area (Å²) in [5, 5.41) is 2.36. The number of imide groups is 1. The maximum atomic E-state index is 13.0. The quantitative estimate of drug-likeness (QED) is 0.630. The number of likely N-dealkylation sites (tertiary alicyclic amines) is 1. The number of nitrogens with one attached hydrogen (secondary N) is 1. The molecule has 1 aromatic carbocycles. The second kappa shape index (κ2) is 9.52. The van der Waals surface area contributed by atoms with E-state index in [1.54, 1.807) is 4.90 Å². The van der Waals surface area contributed by atoms with Crippen molar-refractivity contribution in [3.05, 3.63) is 29.3 Å². The number of hydrogen-bond donors (Lipinski definition) is 1. The molecular formula is C26H34N4O5. The summed E-state index contributed by atoms with van der Waals surface area (Å²) in [7, 11) is 0. The smallest absolute Gasteiger partial charge is 0.255 e. The average Bonchev–Trinajstić information content (AvgIpc) is 3.15. The van der Waals surface area contributed by atoms with Crippen molar-refractivity contribution in [2.75, 3.05) is 39.4 Å². The zero-order valence-electron chi connectivity index (χ0n) is 20.1. The van der Waals surface area contributed by atoms with Gasteiger partial charge in [-0.1, -0.05) is 6.42 Å². The van der Waals surface area contributed by atoms with Crippen LogP contribution in [0.5, 0.6) is 5.75 Å². The topological polar surface area (TPSA) is 91.4 Å². The first-order valence-electron chi connectivity index (χ1n) is 13.1. The minimum atomic E-state index is -0.592. The Labute approximate surface area is 205 Å². The Hall–Kier alpha value is -2.49. The summed E-state index contributed by atoms with van der Waals surface area (Å²) in [5.41, 5.74) is 1.51. The number of fused-ring (bicyclic) bond motifs is 1. The molecule has 4 heterocycles. The second-order valence-electron chi connectivity index (χ2n) is 10.5. The Morgan fingerprint density at radius 3 is 2.57 bits per heavy atom. The largest absolute Gasteiger partial charge is 0.489 e. The van der Waals surface area contributed by atoms with Crippen LogP contribution in [0.1, 0.15) is 54.4 Å². The summed E-state index contributed by atoms with van der Waals surface area (Å²) >= 11 is 0. The van der Waals surface area contributed by atoms with Gasteiger partial charge in [0.1, 0.15) is 17.9 Å². The van der Waals surface area contributed by atoms with Crippen LogP contribution in [0.15, 0.2) is 18.2 Å². The van der Waals surface area contributed by atoms with Gasteiger partial charge in [-0.3, -0.25) is 29.5 Å². The number of carbonyl (C=O) groups excluding carboxylic acids is 3. The Kier molecular flexibility index (Phi) is 6.24. The molecule has 35 heavy (non-hydrogen) atoms. The fourth-order valence-corrected chi connectivity index (χ4v) is 6.36. The number of carbonyl (C=O) groups is 3. The second-order valence-corrected chi connectivity index (χ2v) is 10.5. The standard InChI is InChI=1S/C26H34N4O5/c31-24-8-7-22(25(32)27-24)30-14-17-13-19(5-6-20(17)26(30)33)35-23-4-2-1-3-21(23)29-15-18(16-29)28-9-11-34-12-10-28/h5-6,13,18,21-23H,1-4,7-12,14-16H2,(H,27,31,32)/t21-,22?,23-/m0/s1. The van der Waals surface area contributed by atoms with Crippen LogP contribution < -0.4 is 10.1 Å². The van der Waals surface area contributed by atoms with Crippen molar-refractivity contribution in [2.45, 2.75) is 69.3 Å². The molecule has 3 atom stereocenters. The molecule has 9 heteroatoms. The lowest BCUT2D eigenvalue weighted by Gasteiger charge is -2.52. The summed E-state index contributed by atoms with van der Waals surface area (Å²) in [4.78, 5) is 43.5. The monoisotopic (exact) mass is 482 g/mol. The van der Waals surface area contributed by atoms with E-state index in [0.717, 1.165) is 63.5 Å². The van der Waals surface area contributed by atoms with E-state index in [2.05, 4.69) is 15.1 Å². The van der Waals surface area contributed by atoms with Crippen LogP contribution in [-0.4, -0.2) is 96.0 Å². The molecule has 4 aliphatic heterocycles. The Morgan fingerprint density at radius 2 is 1.77 bits per heavy atom. The molecule has 9 nitrogen and oxygen atoms in total. The van der Waals surface area contributed by atoms with Gasteiger partial charge in [-0.2, -0.15) is 0 Å². The molecule has 1 unspecified atom stereocenters. The molecule has 1 saturated carbocycles. The minimum absolute atomic E-state index is 0.147. The summed E-state index contributed by atoms with van der Waals surface area (Å²) in [6.45, 7) is 6.33. The van der Waals surface area contributed by atoms with Crippen molar-refractivity contribution < 1.29 is 23.9 Å². The molecule has 0 radical (unpaired) electrons. The molecule has 3 amide bonds. The molecule has 1 N–H and O–H groups in total. The average molecular weight is 483 g/mol. The fraction of sp³-hybridized carbons (Fsp3) is 0.654. The number of morpholine rings is 1. The third-order valence-electron chi connectivity index (χ3n) is 8.37. The van der Waals surface area contributed by atoms with Crippen LogP contribution in [0, 0.1) is 0 Å². The number of nitrogens with zero attached hydrogens (tertiary/aromatic N) is 3. The van der Waals surface area contributed by atoms with Crippen molar-refractivity contribution in [3.63, 3.8) is 0 Å².